The fourth-order valence-electron chi connectivity index (χ4n) is 3.00. The molecule has 25 heavy (non-hydrogen) atoms. The number of hydrogen-bond donors (Lipinski definition) is 1. The molecule has 0 spiro atoms. The molecular formula is C20H22ClNO2S. The predicted molar refractivity (Wildman–Crippen MR) is 104 cm³/mol. The first-order chi connectivity index (χ1) is 11.8. The molecular weight excluding hydrogens is 354 g/mol. The normalized spacial score (nSPS) is 18.2. The van der Waals surface area contributed by atoms with Crippen LogP contribution < -0.4 is 10.1 Å². The Balaban J connectivity index is 1.67. The molecule has 2 aromatic carbocycles. The van der Waals surface area contributed by atoms with Crippen molar-refractivity contribution in [3.8, 4) is 5.75 Å². The summed E-state index contributed by atoms with van der Waals surface area (Å²) in [4.78, 5) is 13.5. The lowest BCUT2D eigenvalue weighted by atomic mass is 9.89. The van der Waals surface area contributed by atoms with Crippen molar-refractivity contribution in [3.05, 3.63) is 58.6 Å². The molecule has 1 aliphatic rings. The highest BCUT2D eigenvalue weighted by atomic mass is 35.5. The Bertz CT molecular complexity index is 774. The number of carbonyl (C=O) groups excluding carboxylic acids is 1. The van der Waals surface area contributed by atoms with Gasteiger partial charge in [0.15, 0.2) is 0 Å². The van der Waals surface area contributed by atoms with Crippen LogP contribution in [0.1, 0.15) is 37.4 Å². The SMILES string of the molecule is Cc1ccc2c(c1)OC(C)(C)C[C@H]2NC(=O)CSc1ccc(Cl)cc1. The molecule has 5 heteroatoms. The number of carbonyl (C=O) groups is 1. The fourth-order valence-corrected chi connectivity index (χ4v) is 3.84. The number of fused-ring (bicyclic) bond motifs is 1. The Morgan fingerprint density at radius 1 is 1.28 bits per heavy atom. The van der Waals surface area contributed by atoms with Crippen LogP contribution in [-0.4, -0.2) is 17.3 Å². The second-order valence-corrected chi connectivity index (χ2v) is 8.46. The van der Waals surface area contributed by atoms with E-state index < -0.39 is 0 Å². The summed E-state index contributed by atoms with van der Waals surface area (Å²) < 4.78 is 6.08. The summed E-state index contributed by atoms with van der Waals surface area (Å²) >= 11 is 7.40. The minimum absolute atomic E-state index is 0.0224. The van der Waals surface area contributed by atoms with Crippen molar-refractivity contribution in [2.45, 2.75) is 43.7 Å². The molecule has 1 atom stereocenters. The number of thioether (sulfide) groups is 1. The molecule has 1 aliphatic heterocycles. The van der Waals surface area contributed by atoms with Crippen LogP contribution in [0.3, 0.4) is 0 Å². The van der Waals surface area contributed by atoms with Crippen LogP contribution in [-0.2, 0) is 4.79 Å². The van der Waals surface area contributed by atoms with Gasteiger partial charge in [0.2, 0.25) is 5.91 Å². The van der Waals surface area contributed by atoms with Crippen LogP contribution in [0.4, 0.5) is 0 Å². The molecule has 2 aromatic rings. The van der Waals surface area contributed by atoms with Crippen LogP contribution in [0.5, 0.6) is 5.75 Å². The number of ether oxygens (including phenoxy) is 1. The van der Waals surface area contributed by atoms with Crippen LogP contribution >= 0.6 is 23.4 Å². The van der Waals surface area contributed by atoms with Gasteiger partial charge in [-0.25, -0.2) is 0 Å². The number of aryl methyl sites for hydroxylation is 1. The maximum atomic E-state index is 12.4. The van der Waals surface area contributed by atoms with Gasteiger partial charge in [0.25, 0.3) is 0 Å². The Labute approximate surface area is 158 Å². The van der Waals surface area contributed by atoms with Gasteiger partial charge < -0.3 is 10.1 Å². The van der Waals surface area contributed by atoms with Crippen molar-refractivity contribution in [3.63, 3.8) is 0 Å². The number of amides is 1. The molecule has 3 rings (SSSR count). The molecule has 1 N–H and O–H groups in total. The average Bonchev–Trinajstić information content (AvgIpc) is 2.52. The Morgan fingerprint density at radius 2 is 2.00 bits per heavy atom. The number of halogens is 1. The molecule has 0 aromatic heterocycles. The summed E-state index contributed by atoms with van der Waals surface area (Å²) in [6.45, 7) is 6.15. The van der Waals surface area contributed by atoms with Crippen molar-refractivity contribution in [1.29, 1.82) is 0 Å². The van der Waals surface area contributed by atoms with E-state index in [1.54, 1.807) is 0 Å². The van der Waals surface area contributed by atoms with E-state index in [-0.39, 0.29) is 17.6 Å². The summed E-state index contributed by atoms with van der Waals surface area (Å²) in [5.74, 6) is 1.27. The quantitative estimate of drug-likeness (QED) is 0.750. The Hall–Kier alpha value is -1.65. The summed E-state index contributed by atoms with van der Waals surface area (Å²) in [5, 5.41) is 3.87. The topological polar surface area (TPSA) is 38.3 Å². The van der Waals surface area contributed by atoms with Crippen molar-refractivity contribution in [1.82, 2.24) is 5.32 Å². The molecule has 0 aliphatic carbocycles. The molecule has 0 saturated heterocycles. The van der Waals surface area contributed by atoms with Gasteiger partial charge in [-0.1, -0.05) is 23.7 Å². The van der Waals surface area contributed by atoms with Gasteiger partial charge in [-0.3, -0.25) is 4.79 Å². The van der Waals surface area contributed by atoms with Gasteiger partial charge in [0.05, 0.1) is 11.8 Å². The third-order valence-corrected chi connectivity index (χ3v) is 5.41. The Kier molecular flexibility index (Phi) is 5.30. The second kappa shape index (κ2) is 7.30. The van der Waals surface area contributed by atoms with E-state index in [0.29, 0.717) is 10.8 Å². The first-order valence-electron chi connectivity index (χ1n) is 8.30. The summed E-state index contributed by atoms with van der Waals surface area (Å²) in [7, 11) is 0. The van der Waals surface area contributed by atoms with E-state index >= 15 is 0 Å². The van der Waals surface area contributed by atoms with Crippen molar-refractivity contribution in [2.75, 3.05) is 5.75 Å². The lowest BCUT2D eigenvalue weighted by Crippen LogP contribution is -2.41. The molecule has 0 unspecified atom stereocenters. The maximum Gasteiger partial charge on any atom is 0.230 e. The zero-order valence-corrected chi connectivity index (χ0v) is 16.2. The smallest absolute Gasteiger partial charge is 0.230 e. The van der Waals surface area contributed by atoms with Gasteiger partial charge in [-0.05, 0) is 56.7 Å². The molecule has 0 fully saturated rings. The maximum absolute atomic E-state index is 12.4. The van der Waals surface area contributed by atoms with E-state index in [0.717, 1.165) is 28.2 Å². The summed E-state index contributed by atoms with van der Waals surface area (Å²) in [6.07, 6.45) is 0.750. The van der Waals surface area contributed by atoms with Gasteiger partial charge in [-0.2, -0.15) is 0 Å². The van der Waals surface area contributed by atoms with Gasteiger partial charge >= 0.3 is 0 Å². The summed E-state index contributed by atoms with van der Waals surface area (Å²) in [5.41, 5.74) is 1.90. The zero-order chi connectivity index (χ0) is 18.0. The Morgan fingerprint density at radius 3 is 2.72 bits per heavy atom. The van der Waals surface area contributed by atoms with E-state index in [2.05, 4.69) is 31.3 Å². The lowest BCUT2D eigenvalue weighted by molar-refractivity contribution is -0.119. The molecule has 1 amide bonds. The molecule has 0 saturated carbocycles. The first kappa shape index (κ1) is 18.2. The third-order valence-electron chi connectivity index (χ3n) is 4.15. The van der Waals surface area contributed by atoms with E-state index in [1.165, 1.54) is 11.8 Å². The zero-order valence-electron chi connectivity index (χ0n) is 14.6. The number of rotatable bonds is 4. The van der Waals surface area contributed by atoms with Gasteiger partial charge in [0, 0.05) is 21.9 Å². The van der Waals surface area contributed by atoms with Crippen LogP contribution in [0.2, 0.25) is 5.02 Å². The highest BCUT2D eigenvalue weighted by Crippen LogP contribution is 2.40. The molecule has 0 radical (unpaired) electrons. The predicted octanol–water partition coefficient (Wildman–Crippen LogP) is 5.16. The van der Waals surface area contributed by atoms with Crippen LogP contribution in [0.25, 0.3) is 0 Å². The van der Waals surface area contributed by atoms with E-state index in [4.69, 9.17) is 16.3 Å². The van der Waals surface area contributed by atoms with E-state index in [9.17, 15) is 4.79 Å². The second-order valence-electron chi connectivity index (χ2n) is 6.97. The minimum atomic E-state index is -0.304. The van der Waals surface area contributed by atoms with Crippen LogP contribution in [0.15, 0.2) is 47.4 Å². The number of benzene rings is 2. The van der Waals surface area contributed by atoms with Crippen molar-refractivity contribution >= 4 is 29.3 Å². The van der Waals surface area contributed by atoms with Crippen molar-refractivity contribution in [2.24, 2.45) is 0 Å². The van der Waals surface area contributed by atoms with Gasteiger partial charge in [0.1, 0.15) is 11.4 Å². The minimum Gasteiger partial charge on any atom is -0.487 e. The third kappa shape index (κ3) is 4.71. The standard InChI is InChI=1S/C20H22ClNO2S/c1-13-4-9-16-17(11-20(2,3)24-18(16)10-13)22-19(23)12-25-15-7-5-14(21)6-8-15/h4-10,17H,11-12H2,1-3H3,(H,22,23)/t17-/m1/s1. The fraction of sp³-hybridized carbons (Fsp3) is 0.350. The first-order valence-corrected chi connectivity index (χ1v) is 9.66. The molecule has 0 bridgehead atoms. The highest BCUT2D eigenvalue weighted by Gasteiger charge is 2.34. The average molecular weight is 376 g/mol. The van der Waals surface area contributed by atoms with Gasteiger partial charge in [-0.15, -0.1) is 11.8 Å². The molecule has 3 nitrogen and oxygen atoms in total. The highest BCUT2D eigenvalue weighted by molar-refractivity contribution is 8.00. The summed E-state index contributed by atoms with van der Waals surface area (Å²) in [6, 6.07) is 13.6. The molecule has 132 valence electrons. The lowest BCUT2D eigenvalue weighted by Gasteiger charge is -2.38. The largest absolute Gasteiger partial charge is 0.487 e. The monoisotopic (exact) mass is 375 g/mol. The number of nitrogens with one attached hydrogen (secondary N) is 1. The van der Waals surface area contributed by atoms with Crippen LogP contribution in [0, 0.1) is 6.92 Å². The molecule has 1 heterocycles. The number of hydrogen-bond acceptors (Lipinski definition) is 3. The van der Waals surface area contributed by atoms with E-state index in [1.807, 2.05) is 37.3 Å². The van der Waals surface area contributed by atoms with Crippen molar-refractivity contribution < 1.29 is 9.53 Å².